The molecule has 0 heterocycles. The van der Waals surface area contributed by atoms with E-state index in [-0.39, 0.29) is 12.4 Å². The van der Waals surface area contributed by atoms with Crippen LogP contribution in [-0.4, -0.2) is 23.7 Å². The minimum atomic E-state index is -0.726. The van der Waals surface area contributed by atoms with E-state index in [1.54, 1.807) is 0 Å². The van der Waals surface area contributed by atoms with Crippen molar-refractivity contribution in [2.45, 2.75) is 78.1 Å². The number of unbranched alkanes of at least 4 members (excludes halogenated alkanes) is 5. The minimum absolute atomic E-state index is 0.0837. The molecule has 0 saturated heterocycles. The summed E-state index contributed by atoms with van der Waals surface area (Å²) in [6.45, 7) is 4.88. The number of carboxylic acids is 1. The lowest BCUT2D eigenvalue weighted by Gasteiger charge is -2.06. The van der Waals surface area contributed by atoms with E-state index in [0.717, 1.165) is 44.9 Å². The second kappa shape index (κ2) is 12.9. The van der Waals surface area contributed by atoms with Gasteiger partial charge in [-0.15, -0.1) is 0 Å². The largest absolute Gasteiger partial charge is 0.481 e. The smallest absolute Gasteiger partial charge is 0.305 e. The van der Waals surface area contributed by atoms with E-state index >= 15 is 0 Å². The Labute approximate surface area is 122 Å². The molecular formula is C16H30O4. The molecule has 0 saturated carbocycles. The summed E-state index contributed by atoms with van der Waals surface area (Å²) in [5.41, 5.74) is 0. The van der Waals surface area contributed by atoms with Gasteiger partial charge in [0.1, 0.15) is 0 Å². The van der Waals surface area contributed by atoms with E-state index in [1.807, 2.05) is 0 Å². The van der Waals surface area contributed by atoms with E-state index < -0.39 is 5.97 Å². The molecule has 0 amide bonds. The molecule has 0 aromatic carbocycles. The molecule has 0 aromatic rings. The number of aliphatic carboxylic acids is 1. The maximum atomic E-state index is 11.4. The van der Waals surface area contributed by atoms with Crippen LogP contribution < -0.4 is 0 Å². The van der Waals surface area contributed by atoms with Crippen molar-refractivity contribution in [2.24, 2.45) is 5.92 Å². The molecule has 0 radical (unpaired) electrons. The lowest BCUT2D eigenvalue weighted by atomic mass is 10.1. The Hall–Kier alpha value is -1.06. The third-order valence-corrected chi connectivity index (χ3v) is 3.21. The van der Waals surface area contributed by atoms with Crippen LogP contribution in [0.3, 0.4) is 0 Å². The van der Waals surface area contributed by atoms with Crippen molar-refractivity contribution in [3.8, 4) is 0 Å². The molecule has 20 heavy (non-hydrogen) atoms. The normalized spacial score (nSPS) is 10.8. The lowest BCUT2D eigenvalue weighted by Crippen LogP contribution is -2.05. The van der Waals surface area contributed by atoms with Gasteiger partial charge < -0.3 is 9.84 Å². The van der Waals surface area contributed by atoms with E-state index in [0.29, 0.717) is 18.9 Å². The maximum Gasteiger partial charge on any atom is 0.305 e. The quantitative estimate of drug-likeness (QED) is 0.407. The van der Waals surface area contributed by atoms with Gasteiger partial charge in [0.15, 0.2) is 0 Å². The summed E-state index contributed by atoms with van der Waals surface area (Å²) in [6, 6.07) is 0. The molecule has 0 aliphatic rings. The fourth-order valence-corrected chi connectivity index (χ4v) is 1.99. The molecule has 4 nitrogen and oxygen atoms in total. The first-order valence-electron chi connectivity index (χ1n) is 7.89. The molecule has 0 rings (SSSR count). The van der Waals surface area contributed by atoms with Gasteiger partial charge in [0.05, 0.1) is 6.61 Å². The molecule has 0 atom stereocenters. The third kappa shape index (κ3) is 15.0. The van der Waals surface area contributed by atoms with E-state index in [1.165, 1.54) is 6.42 Å². The highest BCUT2D eigenvalue weighted by Gasteiger charge is 2.03. The van der Waals surface area contributed by atoms with Crippen LogP contribution in [-0.2, 0) is 14.3 Å². The SMILES string of the molecule is CC(C)CCCCC(=O)OCCCCCCCC(=O)O. The molecule has 0 bridgehead atoms. The fourth-order valence-electron chi connectivity index (χ4n) is 1.99. The highest BCUT2D eigenvalue weighted by atomic mass is 16.5. The van der Waals surface area contributed by atoms with Crippen LogP contribution in [0.15, 0.2) is 0 Å². The predicted molar refractivity (Wildman–Crippen MR) is 79.6 cm³/mol. The van der Waals surface area contributed by atoms with Crippen LogP contribution in [0.4, 0.5) is 0 Å². The Bertz CT molecular complexity index is 261. The Morgan fingerprint density at radius 2 is 1.50 bits per heavy atom. The summed E-state index contributed by atoms with van der Waals surface area (Å²) in [6.07, 6.45) is 8.55. The number of carboxylic acid groups (broad SMARTS) is 1. The zero-order valence-electron chi connectivity index (χ0n) is 13.0. The second-order valence-electron chi connectivity index (χ2n) is 5.77. The number of ether oxygens (including phenoxy) is 1. The van der Waals surface area contributed by atoms with Crippen LogP contribution in [0.1, 0.15) is 78.1 Å². The molecule has 0 aromatic heterocycles. The average Bonchev–Trinajstić information content (AvgIpc) is 2.37. The number of hydrogen-bond donors (Lipinski definition) is 1. The number of esters is 1. The zero-order chi connectivity index (χ0) is 15.2. The van der Waals surface area contributed by atoms with Gasteiger partial charge in [-0.3, -0.25) is 9.59 Å². The number of hydrogen-bond acceptors (Lipinski definition) is 3. The molecule has 0 fully saturated rings. The van der Waals surface area contributed by atoms with Crippen molar-refractivity contribution in [1.29, 1.82) is 0 Å². The molecule has 0 aliphatic heterocycles. The van der Waals surface area contributed by atoms with E-state index in [9.17, 15) is 9.59 Å². The van der Waals surface area contributed by atoms with Crippen LogP contribution in [0.5, 0.6) is 0 Å². The standard InChI is InChI=1S/C16H30O4/c1-14(2)10-7-8-12-16(19)20-13-9-5-3-4-6-11-15(17)18/h14H,3-13H2,1-2H3,(H,17,18). The number of rotatable bonds is 13. The third-order valence-electron chi connectivity index (χ3n) is 3.21. The second-order valence-corrected chi connectivity index (χ2v) is 5.77. The van der Waals surface area contributed by atoms with Crippen molar-refractivity contribution < 1.29 is 19.4 Å². The van der Waals surface area contributed by atoms with Gasteiger partial charge in [0.2, 0.25) is 0 Å². The number of carbonyl (C=O) groups is 2. The number of carbonyl (C=O) groups excluding carboxylic acids is 1. The Kier molecular flexibility index (Phi) is 12.3. The molecule has 1 N–H and O–H groups in total. The summed E-state index contributed by atoms with van der Waals surface area (Å²) in [4.78, 5) is 21.7. The highest BCUT2D eigenvalue weighted by Crippen LogP contribution is 2.09. The van der Waals surface area contributed by atoms with Crippen LogP contribution in [0.25, 0.3) is 0 Å². The maximum absolute atomic E-state index is 11.4. The van der Waals surface area contributed by atoms with Crippen LogP contribution in [0, 0.1) is 5.92 Å². The molecule has 0 unspecified atom stereocenters. The van der Waals surface area contributed by atoms with Gasteiger partial charge >= 0.3 is 11.9 Å². The summed E-state index contributed by atoms with van der Waals surface area (Å²) in [7, 11) is 0. The highest BCUT2D eigenvalue weighted by molar-refractivity contribution is 5.69. The van der Waals surface area contributed by atoms with Crippen LogP contribution in [0.2, 0.25) is 0 Å². The molecular weight excluding hydrogens is 256 g/mol. The Balaban J connectivity index is 3.21. The van der Waals surface area contributed by atoms with Crippen molar-refractivity contribution in [2.75, 3.05) is 6.61 Å². The molecule has 0 aliphatic carbocycles. The molecule has 4 heteroatoms. The minimum Gasteiger partial charge on any atom is -0.481 e. The van der Waals surface area contributed by atoms with Crippen molar-refractivity contribution >= 4 is 11.9 Å². The summed E-state index contributed by atoms with van der Waals surface area (Å²) < 4.78 is 5.16. The Morgan fingerprint density at radius 1 is 0.900 bits per heavy atom. The van der Waals surface area contributed by atoms with Gasteiger partial charge in [0, 0.05) is 12.8 Å². The monoisotopic (exact) mass is 286 g/mol. The van der Waals surface area contributed by atoms with Crippen molar-refractivity contribution in [3.63, 3.8) is 0 Å². The van der Waals surface area contributed by atoms with Gasteiger partial charge in [-0.2, -0.15) is 0 Å². The molecule has 0 spiro atoms. The molecule has 118 valence electrons. The topological polar surface area (TPSA) is 63.6 Å². The first-order valence-corrected chi connectivity index (χ1v) is 7.89. The van der Waals surface area contributed by atoms with Gasteiger partial charge in [-0.1, -0.05) is 46.0 Å². The lowest BCUT2D eigenvalue weighted by molar-refractivity contribution is -0.144. The van der Waals surface area contributed by atoms with E-state index in [2.05, 4.69) is 13.8 Å². The van der Waals surface area contributed by atoms with Crippen molar-refractivity contribution in [3.05, 3.63) is 0 Å². The summed E-state index contributed by atoms with van der Waals surface area (Å²) >= 11 is 0. The van der Waals surface area contributed by atoms with Crippen molar-refractivity contribution in [1.82, 2.24) is 0 Å². The van der Waals surface area contributed by atoms with Gasteiger partial charge in [-0.05, 0) is 25.2 Å². The predicted octanol–water partition coefficient (Wildman–Crippen LogP) is 4.17. The first-order chi connectivity index (χ1) is 9.52. The van der Waals surface area contributed by atoms with Gasteiger partial charge in [0.25, 0.3) is 0 Å². The van der Waals surface area contributed by atoms with E-state index in [4.69, 9.17) is 9.84 Å². The zero-order valence-corrected chi connectivity index (χ0v) is 13.0. The average molecular weight is 286 g/mol. The Morgan fingerprint density at radius 3 is 2.15 bits per heavy atom. The van der Waals surface area contributed by atoms with Gasteiger partial charge in [-0.25, -0.2) is 0 Å². The van der Waals surface area contributed by atoms with Crippen LogP contribution >= 0.6 is 0 Å². The fraction of sp³-hybridized carbons (Fsp3) is 0.875. The summed E-state index contributed by atoms with van der Waals surface area (Å²) in [5.74, 6) is -0.108. The summed E-state index contributed by atoms with van der Waals surface area (Å²) in [5, 5.41) is 8.48. The first kappa shape index (κ1) is 18.9.